The summed E-state index contributed by atoms with van der Waals surface area (Å²) in [5, 5.41) is 0.204. The Bertz CT molecular complexity index is 402. The highest BCUT2D eigenvalue weighted by atomic mass is 79.9. The number of rotatable bonds is 4. The van der Waals surface area contributed by atoms with Crippen LogP contribution in [0, 0.1) is 5.92 Å². The first kappa shape index (κ1) is 15.3. The van der Waals surface area contributed by atoms with Crippen molar-refractivity contribution in [2.75, 3.05) is 18.5 Å². The van der Waals surface area contributed by atoms with Crippen molar-refractivity contribution in [3.05, 3.63) is 29.3 Å². The summed E-state index contributed by atoms with van der Waals surface area (Å²) in [5.74, 6) is 0.403. The number of anilines is 1. The lowest BCUT2D eigenvalue weighted by molar-refractivity contribution is -0.138. The van der Waals surface area contributed by atoms with Gasteiger partial charge >= 0.3 is 6.18 Å². The Kier molecular flexibility index (Phi) is 5.08. The Hall–Kier alpha value is -0.710. The van der Waals surface area contributed by atoms with Crippen LogP contribution in [-0.4, -0.2) is 13.6 Å². The average molecular weight is 324 g/mol. The summed E-state index contributed by atoms with van der Waals surface area (Å²) in [6, 6.07) is 4.48. The minimum Gasteiger partial charge on any atom is -0.374 e. The molecule has 0 fully saturated rings. The second-order valence-corrected chi connectivity index (χ2v) is 5.31. The SMILES string of the molecule is CC(C)CN(C)c1ccc(CBr)c(C(F)(F)F)c1. The van der Waals surface area contributed by atoms with Crippen LogP contribution < -0.4 is 4.90 Å². The third kappa shape index (κ3) is 3.90. The predicted octanol–water partition coefficient (Wildman–Crippen LogP) is 4.69. The first-order valence-electron chi connectivity index (χ1n) is 5.73. The summed E-state index contributed by atoms with van der Waals surface area (Å²) in [6.07, 6.45) is -4.31. The molecular formula is C13H17BrF3N. The molecule has 1 aromatic carbocycles. The predicted molar refractivity (Wildman–Crippen MR) is 72.2 cm³/mol. The van der Waals surface area contributed by atoms with Gasteiger partial charge in [-0.05, 0) is 23.6 Å². The molecule has 0 unspecified atom stereocenters. The maximum Gasteiger partial charge on any atom is 0.416 e. The largest absolute Gasteiger partial charge is 0.416 e. The van der Waals surface area contributed by atoms with Gasteiger partial charge in [0.1, 0.15) is 0 Å². The van der Waals surface area contributed by atoms with Crippen molar-refractivity contribution in [3.63, 3.8) is 0 Å². The van der Waals surface area contributed by atoms with Crippen molar-refractivity contribution in [1.29, 1.82) is 0 Å². The standard InChI is InChI=1S/C13H17BrF3N/c1-9(2)8-18(3)11-5-4-10(7-14)12(6-11)13(15,16)17/h4-6,9H,7-8H2,1-3H3. The Morgan fingerprint density at radius 1 is 1.28 bits per heavy atom. The van der Waals surface area contributed by atoms with Crippen LogP contribution in [0.15, 0.2) is 18.2 Å². The van der Waals surface area contributed by atoms with Gasteiger partial charge in [0.15, 0.2) is 0 Å². The number of hydrogen-bond acceptors (Lipinski definition) is 1. The highest BCUT2D eigenvalue weighted by Gasteiger charge is 2.33. The van der Waals surface area contributed by atoms with E-state index in [-0.39, 0.29) is 10.9 Å². The molecule has 0 atom stereocenters. The molecule has 1 nitrogen and oxygen atoms in total. The van der Waals surface area contributed by atoms with E-state index in [1.165, 1.54) is 12.1 Å². The van der Waals surface area contributed by atoms with Gasteiger partial charge in [-0.25, -0.2) is 0 Å². The molecule has 0 aliphatic heterocycles. The molecule has 0 bridgehead atoms. The van der Waals surface area contributed by atoms with Crippen molar-refractivity contribution < 1.29 is 13.2 Å². The molecule has 102 valence electrons. The molecule has 0 saturated carbocycles. The molecule has 1 aromatic rings. The average Bonchev–Trinajstić information content (AvgIpc) is 2.26. The summed E-state index contributed by atoms with van der Waals surface area (Å²) in [7, 11) is 1.81. The van der Waals surface area contributed by atoms with E-state index >= 15 is 0 Å². The van der Waals surface area contributed by atoms with Crippen LogP contribution in [0.2, 0.25) is 0 Å². The van der Waals surface area contributed by atoms with E-state index in [1.54, 1.807) is 6.07 Å². The fourth-order valence-corrected chi connectivity index (χ4v) is 2.32. The minimum absolute atomic E-state index is 0.204. The van der Waals surface area contributed by atoms with Crippen LogP contribution in [0.4, 0.5) is 18.9 Å². The fourth-order valence-electron chi connectivity index (χ4n) is 1.84. The lowest BCUT2D eigenvalue weighted by Gasteiger charge is -2.23. The van der Waals surface area contributed by atoms with E-state index in [0.29, 0.717) is 11.6 Å². The molecule has 0 aliphatic carbocycles. The third-order valence-corrected chi connectivity index (χ3v) is 3.23. The molecule has 0 saturated heterocycles. The van der Waals surface area contributed by atoms with Crippen molar-refractivity contribution in [1.82, 2.24) is 0 Å². The lowest BCUT2D eigenvalue weighted by atomic mass is 10.1. The van der Waals surface area contributed by atoms with E-state index in [1.807, 2.05) is 25.8 Å². The summed E-state index contributed by atoms with van der Waals surface area (Å²) >= 11 is 3.09. The van der Waals surface area contributed by atoms with Crippen LogP contribution in [0.25, 0.3) is 0 Å². The van der Waals surface area contributed by atoms with Crippen LogP contribution in [0.3, 0.4) is 0 Å². The number of hydrogen-bond donors (Lipinski definition) is 0. The molecule has 0 spiro atoms. The van der Waals surface area contributed by atoms with Gasteiger partial charge in [0.25, 0.3) is 0 Å². The molecule has 5 heteroatoms. The molecule has 1 rings (SSSR count). The molecule has 0 N–H and O–H groups in total. The van der Waals surface area contributed by atoms with E-state index in [2.05, 4.69) is 15.9 Å². The normalized spacial score (nSPS) is 12.0. The second kappa shape index (κ2) is 5.95. The summed E-state index contributed by atoms with van der Waals surface area (Å²) in [6.45, 7) is 4.80. The Morgan fingerprint density at radius 3 is 2.33 bits per heavy atom. The first-order valence-corrected chi connectivity index (χ1v) is 6.85. The second-order valence-electron chi connectivity index (χ2n) is 4.75. The van der Waals surface area contributed by atoms with Gasteiger partial charge in [-0.3, -0.25) is 0 Å². The highest BCUT2D eigenvalue weighted by molar-refractivity contribution is 9.08. The van der Waals surface area contributed by atoms with Gasteiger partial charge in [-0.2, -0.15) is 13.2 Å². The Labute approximate surface area is 114 Å². The fraction of sp³-hybridized carbons (Fsp3) is 0.538. The Balaban J connectivity index is 3.10. The number of alkyl halides is 4. The van der Waals surface area contributed by atoms with Crippen LogP contribution >= 0.6 is 15.9 Å². The minimum atomic E-state index is -4.31. The van der Waals surface area contributed by atoms with Crippen molar-refractivity contribution in [3.8, 4) is 0 Å². The smallest absolute Gasteiger partial charge is 0.374 e. The van der Waals surface area contributed by atoms with E-state index in [9.17, 15) is 13.2 Å². The number of nitrogens with zero attached hydrogens (tertiary/aromatic N) is 1. The van der Waals surface area contributed by atoms with Crippen molar-refractivity contribution in [2.45, 2.75) is 25.4 Å². The van der Waals surface area contributed by atoms with Gasteiger partial charge in [0, 0.05) is 24.6 Å². The van der Waals surface area contributed by atoms with E-state index < -0.39 is 11.7 Å². The zero-order valence-electron chi connectivity index (χ0n) is 10.7. The molecular weight excluding hydrogens is 307 g/mol. The maximum atomic E-state index is 12.9. The van der Waals surface area contributed by atoms with Gasteiger partial charge in [-0.15, -0.1) is 0 Å². The summed E-state index contributed by atoms with van der Waals surface area (Å²) < 4.78 is 38.7. The van der Waals surface area contributed by atoms with Crippen LogP contribution in [0.1, 0.15) is 25.0 Å². The topological polar surface area (TPSA) is 3.24 Å². The number of halogens is 4. The van der Waals surface area contributed by atoms with Gasteiger partial charge in [0.2, 0.25) is 0 Å². The lowest BCUT2D eigenvalue weighted by Crippen LogP contribution is -2.23. The quantitative estimate of drug-likeness (QED) is 0.726. The van der Waals surface area contributed by atoms with Gasteiger partial charge in [-0.1, -0.05) is 35.8 Å². The summed E-state index contributed by atoms with van der Waals surface area (Å²) in [4.78, 5) is 1.85. The highest BCUT2D eigenvalue weighted by Crippen LogP contribution is 2.35. The molecule has 0 aromatic heterocycles. The maximum absolute atomic E-state index is 12.9. The van der Waals surface area contributed by atoms with Crippen molar-refractivity contribution in [2.24, 2.45) is 5.92 Å². The summed E-state index contributed by atoms with van der Waals surface area (Å²) in [5.41, 5.74) is 0.303. The molecule has 0 aliphatic rings. The van der Waals surface area contributed by atoms with Crippen molar-refractivity contribution >= 4 is 21.6 Å². The third-order valence-electron chi connectivity index (χ3n) is 2.62. The zero-order valence-corrected chi connectivity index (χ0v) is 12.3. The first-order chi connectivity index (χ1) is 8.25. The van der Waals surface area contributed by atoms with Gasteiger partial charge < -0.3 is 4.90 Å². The van der Waals surface area contributed by atoms with Gasteiger partial charge in [0.05, 0.1) is 5.56 Å². The van der Waals surface area contributed by atoms with Crippen LogP contribution in [0.5, 0.6) is 0 Å². The zero-order chi connectivity index (χ0) is 13.9. The molecule has 0 amide bonds. The Morgan fingerprint density at radius 2 is 1.89 bits per heavy atom. The van der Waals surface area contributed by atoms with E-state index in [4.69, 9.17) is 0 Å². The molecule has 18 heavy (non-hydrogen) atoms. The van der Waals surface area contributed by atoms with Crippen LogP contribution in [-0.2, 0) is 11.5 Å². The monoisotopic (exact) mass is 323 g/mol. The number of benzene rings is 1. The van der Waals surface area contributed by atoms with E-state index in [0.717, 1.165) is 6.54 Å². The molecule has 0 heterocycles. The molecule has 0 radical (unpaired) electrons.